The standard InChI is InChI=1S/C24H24O4/c1-3-5-16-19-22(23(25)27-4-2)20(17-12-8-6-9-13-17)21(24(26)28-19)18-14-10-7-11-15-18/h6-15H,3-5,16H2,1-2H3. The van der Waals surface area contributed by atoms with E-state index < -0.39 is 11.6 Å². The summed E-state index contributed by atoms with van der Waals surface area (Å²) in [7, 11) is 0. The normalized spacial score (nSPS) is 10.6. The molecular weight excluding hydrogens is 352 g/mol. The van der Waals surface area contributed by atoms with Crippen LogP contribution in [0.15, 0.2) is 69.9 Å². The highest BCUT2D eigenvalue weighted by Gasteiger charge is 2.27. The zero-order valence-electron chi connectivity index (χ0n) is 16.2. The summed E-state index contributed by atoms with van der Waals surface area (Å²) < 4.78 is 11.0. The first-order valence-electron chi connectivity index (χ1n) is 9.65. The van der Waals surface area contributed by atoms with Crippen LogP contribution in [0.3, 0.4) is 0 Å². The molecule has 0 atom stereocenters. The first kappa shape index (κ1) is 19.6. The Morgan fingerprint density at radius 3 is 2.00 bits per heavy atom. The SMILES string of the molecule is CCCCc1oc(=O)c(-c2ccccc2)c(-c2ccccc2)c1C(=O)OCC. The van der Waals surface area contributed by atoms with Crippen molar-refractivity contribution in [3.8, 4) is 22.3 Å². The number of unbranched alkanes of at least 4 members (excludes halogenated alkanes) is 1. The number of hydrogen-bond donors (Lipinski definition) is 0. The fraction of sp³-hybridized carbons (Fsp3) is 0.250. The number of benzene rings is 2. The molecule has 3 rings (SSSR count). The Balaban J connectivity index is 2.39. The lowest BCUT2D eigenvalue weighted by atomic mass is 9.90. The van der Waals surface area contributed by atoms with E-state index in [-0.39, 0.29) is 6.61 Å². The van der Waals surface area contributed by atoms with Crippen molar-refractivity contribution in [2.24, 2.45) is 0 Å². The highest BCUT2D eigenvalue weighted by Crippen LogP contribution is 2.35. The lowest BCUT2D eigenvalue weighted by Gasteiger charge is -2.17. The van der Waals surface area contributed by atoms with Gasteiger partial charge in [-0.25, -0.2) is 9.59 Å². The fourth-order valence-electron chi connectivity index (χ4n) is 3.27. The van der Waals surface area contributed by atoms with Gasteiger partial charge in [-0.05, 0) is 24.5 Å². The van der Waals surface area contributed by atoms with E-state index in [9.17, 15) is 9.59 Å². The minimum Gasteiger partial charge on any atom is -0.462 e. The molecule has 0 unspecified atom stereocenters. The van der Waals surface area contributed by atoms with Gasteiger partial charge >= 0.3 is 11.6 Å². The molecule has 0 saturated heterocycles. The molecule has 0 fully saturated rings. The lowest BCUT2D eigenvalue weighted by molar-refractivity contribution is 0.0522. The Bertz CT molecular complexity index is 988. The third-order valence-corrected chi connectivity index (χ3v) is 4.56. The van der Waals surface area contributed by atoms with Gasteiger partial charge in [0.05, 0.1) is 12.2 Å². The van der Waals surface area contributed by atoms with Gasteiger partial charge in [0.25, 0.3) is 0 Å². The van der Waals surface area contributed by atoms with Crippen LogP contribution < -0.4 is 5.63 Å². The minimum absolute atomic E-state index is 0.250. The van der Waals surface area contributed by atoms with E-state index >= 15 is 0 Å². The second kappa shape index (κ2) is 9.18. The maximum absolute atomic E-state index is 13.0. The largest absolute Gasteiger partial charge is 0.462 e. The molecule has 4 nitrogen and oxygen atoms in total. The van der Waals surface area contributed by atoms with Crippen molar-refractivity contribution in [3.05, 3.63) is 82.4 Å². The van der Waals surface area contributed by atoms with E-state index in [1.54, 1.807) is 6.92 Å². The zero-order valence-corrected chi connectivity index (χ0v) is 16.2. The summed E-state index contributed by atoms with van der Waals surface area (Å²) >= 11 is 0. The van der Waals surface area contributed by atoms with Crippen molar-refractivity contribution in [1.29, 1.82) is 0 Å². The summed E-state index contributed by atoms with van der Waals surface area (Å²) in [4.78, 5) is 25.9. The Labute approximate surface area is 164 Å². The van der Waals surface area contributed by atoms with E-state index in [4.69, 9.17) is 9.15 Å². The van der Waals surface area contributed by atoms with Crippen molar-refractivity contribution in [2.45, 2.75) is 33.1 Å². The zero-order chi connectivity index (χ0) is 19.9. The summed E-state index contributed by atoms with van der Waals surface area (Å²) in [6.07, 6.45) is 2.25. The fourth-order valence-corrected chi connectivity index (χ4v) is 3.27. The van der Waals surface area contributed by atoms with Crippen LogP contribution in [0.1, 0.15) is 42.8 Å². The Kier molecular flexibility index (Phi) is 6.43. The number of esters is 1. The van der Waals surface area contributed by atoms with Crippen LogP contribution in [0.5, 0.6) is 0 Å². The number of ether oxygens (including phenoxy) is 1. The molecule has 2 aromatic carbocycles. The second-order valence-corrected chi connectivity index (χ2v) is 6.49. The molecule has 3 aromatic rings. The number of aryl methyl sites for hydroxylation is 1. The van der Waals surface area contributed by atoms with Crippen LogP contribution in [-0.4, -0.2) is 12.6 Å². The molecule has 0 aliphatic heterocycles. The molecule has 144 valence electrons. The molecule has 0 bridgehead atoms. The molecule has 0 N–H and O–H groups in total. The molecule has 0 saturated carbocycles. The number of carbonyl (C=O) groups excluding carboxylic acids is 1. The summed E-state index contributed by atoms with van der Waals surface area (Å²) in [5.74, 6) is -0.0720. The van der Waals surface area contributed by atoms with Crippen molar-refractivity contribution in [2.75, 3.05) is 6.61 Å². The van der Waals surface area contributed by atoms with Crippen molar-refractivity contribution >= 4 is 5.97 Å². The van der Waals surface area contributed by atoms with Gasteiger partial charge in [0.2, 0.25) is 0 Å². The topological polar surface area (TPSA) is 56.5 Å². The van der Waals surface area contributed by atoms with Gasteiger partial charge < -0.3 is 9.15 Å². The van der Waals surface area contributed by atoms with Crippen LogP contribution in [0, 0.1) is 0 Å². The molecule has 1 heterocycles. The molecular formula is C24H24O4. The number of carbonyl (C=O) groups is 1. The van der Waals surface area contributed by atoms with E-state index in [1.807, 2.05) is 60.7 Å². The summed E-state index contributed by atoms with van der Waals surface area (Å²) in [5, 5.41) is 0. The third-order valence-electron chi connectivity index (χ3n) is 4.56. The minimum atomic E-state index is -0.464. The first-order valence-corrected chi connectivity index (χ1v) is 9.65. The van der Waals surface area contributed by atoms with E-state index in [0.717, 1.165) is 18.4 Å². The van der Waals surface area contributed by atoms with Gasteiger partial charge in [-0.2, -0.15) is 0 Å². The van der Waals surface area contributed by atoms with Gasteiger partial charge in [-0.1, -0.05) is 74.0 Å². The van der Waals surface area contributed by atoms with Crippen LogP contribution in [-0.2, 0) is 11.2 Å². The maximum Gasteiger partial charge on any atom is 0.344 e. The van der Waals surface area contributed by atoms with Gasteiger partial charge in [-0.15, -0.1) is 0 Å². The number of rotatable bonds is 7. The molecule has 28 heavy (non-hydrogen) atoms. The van der Waals surface area contributed by atoms with Gasteiger partial charge in [0.1, 0.15) is 11.3 Å². The predicted molar refractivity (Wildman–Crippen MR) is 110 cm³/mol. The average molecular weight is 376 g/mol. The second-order valence-electron chi connectivity index (χ2n) is 6.49. The quantitative estimate of drug-likeness (QED) is 0.511. The predicted octanol–water partition coefficient (Wildman–Crippen LogP) is 5.49. The van der Waals surface area contributed by atoms with Crippen molar-refractivity contribution < 1.29 is 13.9 Å². The number of hydrogen-bond acceptors (Lipinski definition) is 4. The van der Waals surface area contributed by atoms with Gasteiger partial charge in [0, 0.05) is 12.0 Å². The van der Waals surface area contributed by atoms with Crippen LogP contribution in [0.2, 0.25) is 0 Å². The van der Waals surface area contributed by atoms with Crippen LogP contribution >= 0.6 is 0 Å². The highest BCUT2D eigenvalue weighted by molar-refractivity contribution is 6.02. The molecule has 0 aliphatic rings. The summed E-state index contributed by atoms with van der Waals surface area (Å²) in [6.45, 7) is 4.07. The summed E-state index contributed by atoms with van der Waals surface area (Å²) in [5.41, 5.74) is 2.37. The summed E-state index contributed by atoms with van der Waals surface area (Å²) in [6, 6.07) is 18.8. The monoisotopic (exact) mass is 376 g/mol. The Morgan fingerprint density at radius 2 is 1.46 bits per heavy atom. The molecule has 0 amide bonds. The van der Waals surface area contributed by atoms with Crippen LogP contribution in [0.4, 0.5) is 0 Å². The van der Waals surface area contributed by atoms with E-state index in [1.165, 1.54) is 0 Å². The van der Waals surface area contributed by atoms with Gasteiger partial charge in [0.15, 0.2) is 0 Å². The third kappa shape index (κ3) is 4.06. The molecule has 1 aromatic heterocycles. The van der Waals surface area contributed by atoms with E-state index in [2.05, 4.69) is 6.92 Å². The first-order chi connectivity index (χ1) is 13.7. The maximum atomic E-state index is 13.0. The van der Waals surface area contributed by atoms with Gasteiger partial charge in [-0.3, -0.25) is 0 Å². The molecule has 0 radical (unpaired) electrons. The average Bonchev–Trinajstić information content (AvgIpc) is 2.73. The molecule has 0 spiro atoms. The van der Waals surface area contributed by atoms with Crippen molar-refractivity contribution in [1.82, 2.24) is 0 Å². The van der Waals surface area contributed by atoms with Crippen molar-refractivity contribution in [3.63, 3.8) is 0 Å². The highest BCUT2D eigenvalue weighted by atomic mass is 16.5. The lowest BCUT2D eigenvalue weighted by Crippen LogP contribution is -2.17. The molecule has 0 aliphatic carbocycles. The molecule has 4 heteroatoms. The van der Waals surface area contributed by atoms with Crippen LogP contribution in [0.25, 0.3) is 22.3 Å². The smallest absolute Gasteiger partial charge is 0.344 e. The Morgan fingerprint density at radius 1 is 0.893 bits per heavy atom. The van der Waals surface area contributed by atoms with E-state index in [0.29, 0.717) is 34.4 Å². The Hall–Kier alpha value is -3.14.